The van der Waals surface area contributed by atoms with Gasteiger partial charge in [0.25, 0.3) is 0 Å². The summed E-state index contributed by atoms with van der Waals surface area (Å²) in [4.78, 5) is 0. The van der Waals surface area contributed by atoms with E-state index in [2.05, 4.69) is 0 Å². The van der Waals surface area contributed by atoms with Crippen LogP contribution in [0.1, 0.15) is 30.9 Å². The summed E-state index contributed by atoms with van der Waals surface area (Å²) < 4.78 is 0. The van der Waals surface area contributed by atoms with Gasteiger partial charge in [0.1, 0.15) is 0 Å². The lowest BCUT2D eigenvalue weighted by molar-refractivity contribution is 0.592. The summed E-state index contributed by atoms with van der Waals surface area (Å²) in [5.74, 6) is 0. The predicted molar refractivity (Wildman–Crippen MR) is 72.9 cm³/mol. The number of unbranched alkanes of at least 4 members (excludes halogenated alkanes) is 1. The Morgan fingerprint density at radius 2 is 1.94 bits per heavy atom. The maximum Gasteiger partial charge on any atom is 0.0410 e. The largest absolute Gasteiger partial charge is 0.398 e. The SMILES string of the molecule is Cl.NCCCC[C@H](N)c1cc(Cl)ccc1N. The molecule has 0 spiro atoms. The number of nitrogen functional groups attached to an aromatic ring is 1. The molecular formula is C11H19Cl2N3. The molecule has 6 N–H and O–H groups in total. The second kappa shape index (κ2) is 7.74. The van der Waals surface area contributed by atoms with Gasteiger partial charge in [-0.2, -0.15) is 0 Å². The van der Waals surface area contributed by atoms with Gasteiger partial charge in [-0.15, -0.1) is 12.4 Å². The first kappa shape index (κ1) is 15.5. The molecule has 1 aromatic rings. The monoisotopic (exact) mass is 263 g/mol. The van der Waals surface area contributed by atoms with Crippen LogP contribution in [0, 0.1) is 0 Å². The van der Waals surface area contributed by atoms with Gasteiger partial charge in [-0.3, -0.25) is 0 Å². The van der Waals surface area contributed by atoms with E-state index in [-0.39, 0.29) is 18.4 Å². The third kappa shape index (κ3) is 4.58. The molecule has 0 aliphatic rings. The van der Waals surface area contributed by atoms with Gasteiger partial charge in [0.05, 0.1) is 0 Å². The van der Waals surface area contributed by atoms with Crippen LogP contribution in [0.25, 0.3) is 0 Å². The highest BCUT2D eigenvalue weighted by Crippen LogP contribution is 2.25. The topological polar surface area (TPSA) is 78.1 Å². The van der Waals surface area contributed by atoms with Crippen LogP contribution in [0.2, 0.25) is 5.02 Å². The van der Waals surface area contributed by atoms with Gasteiger partial charge in [-0.1, -0.05) is 18.0 Å². The Morgan fingerprint density at radius 3 is 2.56 bits per heavy atom. The Hall–Kier alpha value is -0.480. The van der Waals surface area contributed by atoms with Crippen LogP contribution in [0.5, 0.6) is 0 Å². The highest BCUT2D eigenvalue weighted by Gasteiger charge is 2.09. The fraction of sp³-hybridized carbons (Fsp3) is 0.455. The zero-order valence-corrected chi connectivity index (χ0v) is 10.7. The minimum Gasteiger partial charge on any atom is -0.398 e. The molecule has 3 nitrogen and oxygen atoms in total. The normalized spacial score (nSPS) is 11.9. The Labute approximate surface area is 108 Å². The molecular weight excluding hydrogens is 245 g/mol. The molecule has 1 aromatic carbocycles. The van der Waals surface area contributed by atoms with Crippen LogP contribution in [0.3, 0.4) is 0 Å². The van der Waals surface area contributed by atoms with Gasteiger partial charge >= 0.3 is 0 Å². The summed E-state index contributed by atoms with van der Waals surface area (Å²) in [6.45, 7) is 0.706. The van der Waals surface area contributed by atoms with Crippen molar-refractivity contribution in [2.45, 2.75) is 25.3 Å². The van der Waals surface area contributed by atoms with Crippen molar-refractivity contribution in [2.24, 2.45) is 11.5 Å². The minimum atomic E-state index is -0.0461. The zero-order valence-electron chi connectivity index (χ0n) is 9.16. The van der Waals surface area contributed by atoms with E-state index in [4.69, 9.17) is 28.8 Å². The molecule has 0 heterocycles. The molecule has 0 saturated heterocycles. The Balaban J connectivity index is 0.00000225. The van der Waals surface area contributed by atoms with E-state index in [1.54, 1.807) is 12.1 Å². The van der Waals surface area contributed by atoms with Crippen molar-refractivity contribution in [3.63, 3.8) is 0 Å². The smallest absolute Gasteiger partial charge is 0.0410 e. The van der Waals surface area contributed by atoms with Crippen molar-refractivity contribution in [2.75, 3.05) is 12.3 Å². The van der Waals surface area contributed by atoms with Crippen LogP contribution >= 0.6 is 24.0 Å². The molecule has 16 heavy (non-hydrogen) atoms. The first-order chi connectivity index (χ1) is 7.15. The molecule has 5 heteroatoms. The molecule has 0 saturated carbocycles. The fourth-order valence-electron chi connectivity index (χ4n) is 1.53. The summed E-state index contributed by atoms with van der Waals surface area (Å²) in [5, 5.41) is 0.675. The third-order valence-corrected chi connectivity index (χ3v) is 2.65. The Bertz CT molecular complexity index is 318. The summed E-state index contributed by atoms with van der Waals surface area (Å²) in [7, 11) is 0. The van der Waals surface area contributed by atoms with Crippen molar-refractivity contribution in [1.82, 2.24) is 0 Å². The molecule has 1 atom stereocenters. The van der Waals surface area contributed by atoms with Crippen LogP contribution in [0.15, 0.2) is 18.2 Å². The average molecular weight is 264 g/mol. The number of benzene rings is 1. The molecule has 0 aliphatic heterocycles. The average Bonchev–Trinajstić information content (AvgIpc) is 2.22. The summed E-state index contributed by atoms with van der Waals surface area (Å²) >= 11 is 5.89. The second-order valence-electron chi connectivity index (χ2n) is 3.66. The number of halogens is 2. The molecule has 0 amide bonds. The van der Waals surface area contributed by atoms with Crippen molar-refractivity contribution >= 4 is 29.7 Å². The number of hydrogen-bond acceptors (Lipinski definition) is 3. The van der Waals surface area contributed by atoms with E-state index in [1.165, 1.54) is 0 Å². The van der Waals surface area contributed by atoms with Crippen LogP contribution < -0.4 is 17.2 Å². The summed E-state index contributed by atoms with van der Waals surface area (Å²) in [5.41, 5.74) is 18.9. The quantitative estimate of drug-likeness (QED) is 0.564. The molecule has 0 bridgehead atoms. The molecule has 0 aromatic heterocycles. The third-order valence-electron chi connectivity index (χ3n) is 2.42. The van der Waals surface area contributed by atoms with E-state index in [1.807, 2.05) is 6.07 Å². The fourth-order valence-corrected chi connectivity index (χ4v) is 1.71. The van der Waals surface area contributed by atoms with E-state index >= 15 is 0 Å². The van der Waals surface area contributed by atoms with Gasteiger partial charge in [-0.05, 0) is 43.1 Å². The molecule has 0 fully saturated rings. The molecule has 0 radical (unpaired) electrons. The molecule has 0 aliphatic carbocycles. The number of nitrogens with two attached hydrogens (primary N) is 3. The van der Waals surface area contributed by atoms with Crippen LogP contribution in [-0.4, -0.2) is 6.54 Å². The number of rotatable bonds is 5. The first-order valence-electron chi connectivity index (χ1n) is 5.15. The highest BCUT2D eigenvalue weighted by atomic mass is 35.5. The standard InChI is InChI=1S/C11H18ClN3.ClH/c12-8-4-5-11(15)9(7-8)10(14)3-1-2-6-13;/h4-5,7,10H,1-3,6,13-15H2;1H/t10-;/m0./s1. The van der Waals surface area contributed by atoms with Gasteiger partial charge in [0.15, 0.2) is 0 Å². The van der Waals surface area contributed by atoms with Crippen LogP contribution in [0.4, 0.5) is 5.69 Å². The summed E-state index contributed by atoms with van der Waals surface area (Å²) in [6, 6.07) is 5.35. The molecule has 92 valence electrons. The Kier molecular flexibility index (Phi) is 7.51. The number of anilines is 1. The van der Waals surface area contributed by atoms with E-state index in [0.29, 0.717) is 17.3 Å². The van der Waals surface area contributed by atoms with Crippen molar-refractivity contribution in [3.8, 4) is 0 Å². The van der Waals surface area contributed by atoms with Crippen molar-refractivity contribution < 1.29 is 0 Å². The van der Waals surface area contributed by atoms with E-state index in [9.17, 15) is 0 Å². The Morgan fingerprint density at radius 1 is 1.25 bits per heavy atom. The van der Waals surface area contributed by atoms with Gasteiger partial charge in [0.2, 0.25) is 0 Å². The highest BCUT2D eigenvalue weighted by molar-refractivity contribution is 6.30. The molecule has 0 unspecified atom stereocenters. The predicted octanol–water partition coefficient (Wildman–Crippen LogP) is 2.47. The van der Waals surface area contributed by atoms with Gasteiger partial charge in [0, 0.05) is 16.8 Å². The van der Waals surface area contributed by atoms with Crippen LogP contribution in [-0.2, 0) is 0 Å². The number of hydrogen-bond donors (Lipinski definition) is 3. The van der Waals surface area contributed by atoms with Crippen molar-refractivity contribution in [1.29, 1.82) is 0 Å². The maximum absolute atomic E-state index is 6.03. The maximum atomic E-state index is 6.03. The second-order valence-corrected chi connectivity index (χ2v) is 4.10. The first-order valence-corrected chi connectivity index (χ1v) is 5.53. The molecule has 1 rings (SSSR count). The van der Waals surface area contributed by atoms with E-state index < -0.39 is 0 Å². The van der Waals surface area contributed by atoms with Crippen molar-refractivity contribution in [3.05, 3.63) is 28.8 Å². The summed E-state index contributed by atoms with van der Waals surface area (Å²) in [6.07, 6.45) is 2.90. The van der Waals surface area contributed by atoms with E-state index in [0.717, 1.165) is 24.8 Å². The zero-order chi connectivity index (χ0) is 11.3. The lowest BCUT2D eigenvalue weighted by Crippen LogP contribution is -2.13. The lowest BCUT2D eigenvalue weighted by atomic mass is 10.0. The van der Waals surface area contributed by atoms with Gasteiger partial charge < -0.3 is 17.2 Å². The van der Waals surface area contributed by atoms with Gasteiger partial charge in [-0.25, -0.2) is 0 Å². The minimum absolute atomic E-state index is 0. The lowest BCUT2D eigenvalue weighted by Gasteiger charge is -2.14.